The standard InChI is InChI=1S/C11H17NO4/c1-8-11(14)10(7-16-4-3-15-2)9(6-13)5-12-8/h5,13-14H,3-4,6-7H2,1-2H3. The van der Waals surface area contributed by atoms with E-state index >= 15 is 0 Å². The van der Waals surface area contributed by atoms with E-state index < -0.39 is 0 Å². The van der Waals surface area contributed by atoms with E-state index in [4.69, 9.17) is 14.6 Å². The molecule has 0 spiro atoms. The molecule has 0 saturated carbocycles. The van der Waals surface area contributed by atoms with E-state index in [1.807, 2.05) is 0 Å². The first-order valence-corrected chi connectivity index (χ1v) is 5.04. The SMILES string of the molecule is COCCOCc1c(CO)cnc(C)c1O. The van der Waals surface area contributed by atoms with Crippen molar-refractivity contribution >= 4 is 0 Å². The second kappa shape index (κ2) is 6.42. The molecule has 1 heterocycles. The van der Waals surface area contributed by atoms with Gasteiger partial charge in [0.15, 0.2) is 0 Å². The van der Waals surface area contributed by atoms with Gasteiger partial charge in [-0.15, -0.1) is 0 Å². The van der Waals surface area contributed by atoms with Gasteiger partial charge in [-0.05, 0) is 6.92 Å². The van der Waals surface area contributed by atoms with E-state index in [9.17, 15) is 5.11 Å². The molecule has 1 aromatic heterocycles. The summed E-state index contributed by atoms with van der Waals surface area (Å²) >= 11 is 0. The van der Waals surface area contributed by atoms with Crippen molar-refractivity contribution in [2.24, 2.45) is 0 Å². The molecule has 2 N–H and O–H groups in total. The summed E-state index contributed by atoms with van der Waals surface area (Å²) in [7, 11) is 1.59. The molecule has 5 nitrogen and oxygen atoms in total. The molecule has 0 aliphatic rings. The Morgan fingerprint density at radius 1 is 1.38 bits per heavy atom. The maximum atomic E-state index is 9.78. The fourth-order valence-corrected chi connectivity index (χ4v) is 1.30. The molecule has 0 aliphatic carbocycles. The molecule has 5 heteroatoms. The largest absolute Gasteiger partial charge is 0.506 e. The number of aromatic nitrogens is 1. The Kier molecular flexibility index (Phi) is 5.18. The van der Waals surface area contributed by atoms with Crippen LogP contribution in [0.15, 0.2) is 6.20 Å². The molecule has 0 amide bonds. The first kappa shape index (κ1) is 12.9. The van der Waals surface area contributed by atoms with Crippen molar-refractivity contribution in [2.75, 3.05) is 20.3 Å². The van der Waals surface area contributed by atoms with Crippen molar-refractivity contribution in [3.63, 3.8) is 0 Å². The lowest BCUT2D eigenvalue weighted by atomic mass is 10.1. The Morgan fingerprint density at radius 2 is 2.12 bits per heavy atom. The van der Waals surface area contributed by atoms with Gasteiger partial charge in [0.05, 0.1) is 32.1 Å². The Bertz CT molecular complexity index is 341. The minimum absolute atomic E-state index is 0.0870. The lowest BCUT2D eigenvalue weighted by Crippen LogP contribution is -2.05. The van der Waals surface area contributed by atoms with Crippen LogP contribution in [0.4, 0.5) is 0 Å². The topological polar surface area (TPSA) is 71.8 Å². The smallest absolute Gasteiger partial charge is 0.142 e. The van der Waals surface area contributed by atoms with Crippen LogP contribution in [0.5, 0.6) is 5.75 Å². The van der Waals surface area contributed by atoms with Gasteiger partial charge < -0.3 is 19.7 Å². The van der Waals surface area contributed by atoms with Crippen LogP contribution in [0.25, 0.3) is 0 Å². The fourth-order valence-electron chi connectivity index (χ4n) is 1.30. The van der Waals surface area contributed by atoms with E-state index in [-0.39, 0.29) is 19.0 Å². The summed E-state index contributed by atoms with van der Waals surface area (Å²) in [5.74, 6) is 0.0870. The summed E-state index contributed by atoms with van der Waals surface area (Å²) < 4.78 is 10.2. The number of nitrogens with zero attached hydrogens (tertiary/aromatic N) is 1. The van der Waals surface area contributed by atoms with Crippen LogP contribution in [0, 0.1) is 6.92 Å². The molecule has 0 saturated heterocycles. The Morgan fingerprint density at radius 3 is 2.75 bits per heavy atom. The van der Waals surface area contributed by atoms with E-state index in [0.717, 1.165) is 0 Å². The number of rotatable bonds is 6. The lowest BCUT2D eigenvalue weighted by molar-refractivity contribution is 0.0599. The molecule has 0 unspecified atom stereocenters. The van der Waals surface area contributed by atoms with Crippen molar-refractivity contribution in [1.82, 2.24) is 4.98 Å². The maximum absolute atomic E-state index is 9.78. The number of aliphatic hydroxyl groups is 1. The Balaban J connectivity index is 2.72. The average molecular weight is 227 g/mol. The van der Waals surface area contributed by atoms with Crippen molar-refractivity contribution in [3.05, 3.63) is 23.0 Å². The van der Waals surface area contributed by atoms with Gasteiger partial charge in [-0.1, -0.05) is 0 Å². The highest BCUT2D eigenvalue weighted by molar-refractivity contribution is 5.39. The maximum Gasteiger partial charge on any atom is 0.142 e. The molecule has 0 aliphatic heterocycles. The van der Waals surface area contributed by atoms with E-state index in [2.05, 4.69) is 4.98 Å². The van der Waals surface area contributed by atoms with Crippen LogP contribution in [0.3, 0.4) is 0 Å². The summed E-state index contributed by atoms with van der Waals surface area (Å²) in [6.45, 7) is 2.73. The van der Waals surface area contributed by atoms with Crippen LogP contribution < -0.4 is 0 Å². The zero-order valence-electron chi connectivity index (χ0n) is 9.56. The number of ether oxygens (including phenoxy) is 2. The van der Waals surface area contributed by atoms with Crippen molar-refractivity contribution in [2.45, 2.75) is 20.1 Å². The minimum atomic E-state index is -0.163. The highest BCUT2D eigenvalue weighted by Crippen LogP contribution is 2.24. The fraction of sp³-hybridized carbons (Fsp3) is 0.545. The Hall–Kier alpha value is -1.17. The minimum Gasteiger partial charge on any atom is -0.506 e. The number of aryl methyl sites for hydroxylation is 1. The van der Waals surface area contributed by atoms with Crippen LogP contribution in [-0.4, -0.2) is 35.5 Å². The molecule has 90 valence electrons. The van der Waals surface area contributed by atoms with Gasteiger partial charge in [-0.2, -0.15) is 0 Å². The van der Waals surface area contributed by atoms with E-state index in [1.165, 1.54) is 0 Å². The summed E-state index contributed by atoms with van der Waals surface area (Å²) in [5, 5.41) is 18.9. The lowest BCUT2D eigenvalue weighted by Gasteiger charge is -2.11. The quantitative estimate of drug-likeness (QED) is 0.702. The van der Waals surface area contributed by atoms with Crippen LogP contribution in [-0.2, 0) is 22.7 Å². The van der Waals surface area contributed by atoms with Crippen LogP contribution in [0.1, 0.15) is 16.8 Å². The second-order valence-corrected chi connectivity index (χ2v) is 3.40. The van der Waals surface area contributed by atoms with Crippen molar-refractivity contribution in [1.29, 1.82) is 0 Å². The van der Waals surface area contributed by atoms with Gasteiger partial charge in [0.2, 0.25) is 0 Å². The third kappa shape index (κ3) is 3.16. The zero-order chi connectivity index (χ0) is 12.0. The molecule has 0 atom stereocenters. The van der Waals surface area contributed by atoms with E-state index in [0.29, 0.717) is 30.0 Å². The van der Waals surface area contributed by atoms with Crippen molar-refractivity contribution in [3.8, 4) is 5.75 Å². The third-order valence-corrected chi connectivity index (χ3v) is 2.28. The van der Waals surface area contributed by atoms with Gasteiger partial charge in [0.1, 0.15) is 5.75 Å². The third-order valence-electron chi connectivity index (χ3n) is 2.28. The molecule has 0 fully saturated rings. The summed E-state index contributed by atoms with van der Waals surface area (Å²) in [5.41, 5.74) is 1.70. The predicted octanol–water partition coefficient (Wildman–Crippen LogP) is 0.751. The molecule has 0 radical (unpaired) electrons. The number of aliphatic hydroxyl groups excluding tert-OH is 1. The van der Waals surface area contributed by atoms with Crippen LogP contribution in [0.2, 0.25) is 0 Å². The molecular formula is C11H17NO4. The van der Waals surface area contributed by atoms with Crippen molar-refractivity contribution < 1.29 is 19.7 Å². The van der Waals surface area contributed by atoms with Gasteiger partial charge in [0.25, 0.3) is 0 Å². The second-order valence-electron chi connectivity index (χ2n) is 3.40. The molecule has 1 aromatic rings. The number of methoxy groups -OCH3 is 1. The number of pyridine rings is 1. The molecular weight excluding hydrogens is 210 g/mol. The monoisotopic (exact) mass is 227 g/mol. The normalized spacial score (nSPS) is 10.7. The zero-order valence-corrected chi connectivity index (χ0v) is 9.56. The first-order valence-electron chi connectivity index (χ1n) is 5.04. The molecule has 0 bridgehead atoms. The summed E-state index contributed by atoms with van der Waals surface area (Å²) in [4.78, 5) is 3.96. The molecule has 1 rings (SSSR count). The first-order chi connectivity index (χ1) is 7.70. The average Bonchev–Trinajstić information content (AvgIpc) is 2.30. The van der Waals surface area contributed by atoms with Gasteiger partial charge in [-0.25, -0.2) is 0 Å². The molecule has 0 aromatic carbocycles. The summed E-state index contributed by atoms with van der Waals surface area (Å²) in [6.07, 6.45) is 1.55. The number of hydrogen-bond donors (Lipinski definition) is 2. The summed E-state index contributed by atoms with van der Waals surface area (Å²) in [6, 6.07) is 0. The predicted molar refractivity (Wildman–Crippen MR) is 58.1 cm³/mol. The van der Waals surface area contributed by atoms with Gasteiger partial charge in [-0.3, -0.25) is 4.98 Å². The van der Waals surface area contributed by atoms with Crippen LogP contribution >= 0.6 is 0 Å². The van der Waals surface area contributed by atoms with E-state index in [1.54, 1.807) is 20.2 Å². The highest BCUT2D eigenvalue weighted by atomic mass is 16.5. The Labute approximate surface area is 94.7 Å². The number of aromatic hydroxyl groups is 1. The van der Waals surface area contributed by atoms with Gasteiger partial charge in [0, 0.05) is 24.4 Å². The highest BCUT2D eigenvalue weighted by Gasteiger charge is 2.11. The van der Waals surface area contributed by atoms with Gasteiger partial charge >= 0.3 is 0 Å². The number of hydrogen-bond acceptors (Lipinski definition) is 5. The molecule has 16 heavy (non-hydrogen) atoms.